The number of unbranched alkanes of at least 4 members (excludes halogenated alkanes) is 5. The normalized spacial score (nSPS) is 19.1. The minimum absolute atomic E-state index is 0.0521. The lowest BCUT2D eigenvalue weighted by Gasteiger charge is -2.19. The second-order valence-electron chi connectivity index (χ2n) is 8.07. The summed E-state index contributed by atoms with van der Waals surface area (Å²) in [5, 5.41) is 18.6. The van der Waals surface area contributed by atoms with E-state index in [4.69, 9.17) is 16.6 Å². The zero-order valence-corrected chi connectivity index (χ0v) is 18.8. The maximum Gasteiger partial charge on any atom is 0.327 e. The number of hydrogen-bond acceptors (Lipinski definition) is 5. The molecule has 0 unspecified atom stereocenters. The largest absolute Gasteiger partial charge is 0.478 e. The molecule has 6 nitrogen and oxygen atoms in total. The molecule has 0 aromatic carbocycles. The van der Waals surface area contributed by atoms with Gasteiger partial charge in [-0.3, -0.25) is 4.79 Å². The van der Waals surface area contributed by atoms with E-state index in [1.54, 1.807) is 12.2 Å². The lowest BCUT2D eigenvalue weighted by atomic mass is 9.85. The van der Waals surface area contributed by atoms with E-state index in [0.717, 1.165) is 90.1 Å². The fourth-order valence-corrected chi connectivity index (χ4v) is 3.60. The van der Waals surface area contributed by atoms with Crippen LogP contribution in [0.2, 0.25) is 0 Å². The number of aliphatic carboxylic acids is 1. The van der Waals surface area contributed by atoms with Crippen molar-refractivity contribution in [1.29, 1.82) is 0 Å². The van der Waals surface area contributed by atoms with Crippen molar-refractivity contribution in [3.63, 3.8) is 0 Å². The van der Waals surface area contributed by atoms with Crippen LogP contribution in [0.5, 0.6) is 0 Å². The highest BCUT2D eigenvalue weighted by Gasteiger charge is 2.29. The van der Waals surface area contributed by atoms with Gasteiger partial charge in [-0.05, 0) is 76.5 Å². The molecule has 30 heavy (non-hydrogen) atoms. The summed E-state index contributed by atoms with van der Waals surface area (Å²) >= 11 is 0. The van der Waals surface area contributed by atoms with Crippen LogP contribution in [-0.4, -0.2) is 41.2 Å². The summed E-state index contributed by atoms with van der Waals surface area (Å²) < 4.78 is 0. The molecule has 0 heterocycles. The van der Waals surface area contributed by atoms with Gasteiger partial charge in [0, 0.05) is 12.0 Å². The van der Waals surface area contributed by atoms with Crippen molar-refractivity contribution in [3.8, 4) is 0 Å². The van der Waals surface area contributed by atoms with E-state index < -0.39 is 5.97 Å². The Kier molecular flexibility index (Phi) is 18.5. The fraction of sp³-hybridized carbons (Fsp3) is 0.750. The average molecular weight is 425 g/mol. The van der Waals surface area contributed by atoms with E-state index in [2.05, 4.69) is 6.92 Å². The molecule has 1 aliphatic carbocycles. The van der Waals surface area contributed by atoms with Crippen LogP contribution in [0.15, 0.2) is 24.3 Å². The molecule has 0 bridgehead atoms. The SMILES string of the molecule is CCCCC[C@H](O)CC[C@H]1C=CC(=O)[C@@H]1CCCCC=CC(=O)O.NCCCCN. The number of allylic oxidation sites excluding steroid dienone is 3. The first kappa shape index (κ1) is 28.5. The molecule has 0 fully saturated rings. The van der Waals surface area contributed by atoms with Gasteiger partial charge in [0.25, 0.3) is 0 Å². The molecular formula is C24H44N2O4. The molecule has 0 saturated heterocycles. The Labute approximate surface area is 182 Å². The van der Waals surface area contributed by atoms with Gasteiger partial charge in [0.1, 0.15) is 0 Å². The number of nitrogens with two attached hydrogens (primary N) is 2. The number of carbonyl (C=O) groups is 2. The van der Waals surface area contributed by atoms with Gasteiger partial charge in [0.05, 0.1) is 6.10 Å². The molecule has 0 radical (unpaired) electrons. The van der Waals surface area contributed by atoms with Crippen molar-refractivity contribution in [3.05, 3.63) is 24.3 Å². The maximum atomic E-state index is 12.0. The number of aliphatic hydroxyl groups is 1. The summed E-state index contributed by atoms with van der Waals surface area (Å²) in [6.45, 7) is 3.71. The molecule has 0 aliphatic heterocycles. The number of aliphatic hydroxyl groups excluding tert-OH is 1. The highest BCUT2D eigenvalue weighted by molar-refractivity contribution is 5.94. The summed E-state index contributed by atoms with van der Waals surface area (Å²) in [5.41, 5.74) is 10.3. The summed E-state index contributed by atoms with van der Waals surface area (Å²) in [6, 6.07) is 0. The molecule has 0 spiro atoms. The van der Waals surface area contributed by atoms with Crippen molar-refractivity contribution < 1.29 is 19.8 Å². The van der Waals surface area contributed by atoms with Gasteiger partial charge in [0.15, 0.2) is 5.78 Å². The summed E-state index contributed by atoms with van der Waals surface area (Å²) in [5.74, 6) is -0.395. The highest BCUT2D eigenvalue weighted by Crippen LogP contribution is 2.31. The monoisotopic (exact) mass is 424 g/mol. The Balaban J connectivity index is 0.00000122. The first-order valence-corrected chi connectivity index (χ1v) is 11.7. The highest BCUT2D eigenvalue weighted by atomic mass is 16.4. The minimum Gasteiger partial charge on any atom is -0.478 e. The number of ketones is 1. The van der Waals surface area contributed by atoms with Crippen molar-refractivity contribution in [2.45, 2.75) is 90.1 Å². The van der Waals surface area contributed by atoms with E-state index in [1.807, 2.05) is 6.08 Å². The van der Waals surface area contributed by atoms with E-state index in [-0.39, 0.29) is 23.7 Å². The predicted octanol–water partition coefficient (Wildman–Crippen LogP) is 3.96. The summed E-state index contributed by atoms with van der Waals surface area (Å²) in [6.07, 6.45) is 17.8. The molecule has 1 aliphatic rings. The lowest BCUT2D eigenvalue weighted by Crippen LogP contribution is -2.18. The van der Waals surface area contributed by atoms with Crippen molar-refractivity contribution in [1.82, 2.24) is 0 Å². The molecule has 0 amide bonds. The molecule has 0 aromatic rings. The Morgan fingerprint density at radius 1 is 1.07 bits per heavy atom. The molecule has 3 atom stereocenters. The first-order chi connectivity index (χ1) is 14.5. The molecule has 0 saturated carbocycles. The van der Waals surface area contributed by atoms with E-state index >= 15 is 0 Å². The standard InChI is InChI=1S/C20H32O4.C4H12N2/c1-2-3-6-9-17(21)14-12-16-13-15-19(22)18(16)10-7-4-5-8-11-20(23)24;5-3-1-2-4-6/h8,11,13,15-18,21H,2-7,9-10,12,14H2,1H3,(H,23,24);1-6H2/t16-,17-,18+;/m0./s1. The second kappa shape index (κ2) is 19.5. The average Bonchev–Trinajstić information content (AvgIpc) is 3.07. The first-order valence-electron chi connectivity index (χ1n) is 11.7. The quantitative estimate of drug-likeness (QED) is 0.219. The van der Waals surface area contributed by atoms with E-state index in [0.29, 0.717) is 0 Å². The van der Waals surface area contributed by atoms with Gasteiger partial charge in [-0.25, -0.2) is 4.79 Å². The van der Waals surface area contributed by atoms with Gasteiger partial charge in [-0.1, -0.05) is 44.8 Å². The third kappa shape index (κ3) is 15.4. The Hall–Kier alpha value is -1.50. The van der Waals surface area contributed by atoms with E-state index in [9.17, 15) is 14.7 Å². The Morgan fingerprint density at radius 2 is 1.77 bits per heavy atom. The van der Waals surface area contributed by atoms with Crippen LogP contribution in [0.4, 0.5) is 0 Å². The fourth-order valence-electron chi connectivity index (χ4n) is 3.60. The van der Waals surface area contributed by atoms with Crippen LogP contribution in [0, 0.1) is 11.8 Å². The molecular weight excluding hydrogens is 380 g/mol. The molecule has 6 heteroatoms. The maximum absolute atomic E-state index is 12.0. The summed E-state index contributed by atoms with van der Waals surface area (Å²) in [7, 11) is 0. The number of carbonyl (C=O) groups excluding carboxylic acids is 1. The molecule has 0 aromatic heterocycles. The Bertz CT molecular complexity index is 501. The third-order valence-corrected chi connectivity index (χ3v) is 5.42. The predicted molar refractivity (Wildman–Crippen MR) is 123 cm³/mol. The summed E-state index contributed by atoms with van der Waals surface area (Å²) in [4.78, 5) is 22.4. The number of rotatable bonds is 16. The lowest BCUT2D eigenvalue weighted by molar-refractivity contribution is -0.131. The van der Waals surface area contributed by atoms with Crippen LogP contribution in [-0.2, 0) is 9.59 Å². The van der Waals surface area contributed by atoms with Gasteiger partial charge >= 0.3 is 5.97 Å². The van der Waals surface area contributed by atoms with Crippen LogP contribution in [0.3, 0.4) is 0 Å². The van der Waals surface area contributed by atoms with Crippen LogP contribution in [0.1, 0.15) is 84.0 Å². The second-order valence-corrected chi connectivity index (χ2v) is 8.07. The smallest absolute Gasteiger partial charge is 0.327 e. The third-order valence-electron chi connectivity index (χ3n) is 5.42. The number of carboxylic acids is 1. The van der Waals surface area contributed by atoms with E-state index in [1.165, 1.54) is 6.08 Å². The van der Waals surface area contributed by atoms with Gasteiger partial charge in [0.2, 0.25) is 0 Å². The zero-order chi connectivity index (χ0) is 22.6. The van der Waals surface area contributed by atoms with Crippen molar-refractivity contribution >= 4 is 11.8 Å². The van der Waals surface area contributed by atoms with Crippen molar-refractivity contribution in [2.75, 3.05) is 13.1 Å². The van der Waals surface area contributed by atoms with Gasteiger partial charge in [-0.2, -0.15) is 0 Å². The Morgan fingerprint density at radius 3 is 2.37 bits per heavy atom. The van der Waals surface area contributed by atoms with Crippen LogP contribution in [0.25, 0.3) is 0 Å². The van der Waals surface area contributed by atoms with Crippen LogP contribution < -0.4 is 11.5 Å². The van der Waals surface area contributed by atoms with Gasteiger partial charge < -0.3 is 21.7 Å². The zero-order valence-electron chi connectivity index (χ0n) is 18.8. The molecule has 174 valence electrons. The topological polar surface area (TPSA) is 127 Å². The molecule has 1 rings (SSSR count). The number of carboxylic acid groups (broad SMARTS) is 1. The number of hydrogen-bond donors (Lipinski definition) is 4. The van der Waals surface area contributed by atoms with Gasteiger partial charge in [-0.15, -0.1) is 0 Å². The van der Waals surface area contributed by atoms with Crippen molar-refractivity contribution in [2.24, 2.45) is 23.3 Å². The van der Waals surface area contributed by atoms with Crippen LogP contribution >= 0.6 is 0 Å². The molecule has 6 N–H and O–H groups in total. The minimum atomic E-state index is -0.914.